The third-order valence-electron chi connectivity index (χ3n) is 17.4. The van der Waals surface area contributed by atoms with Gasteiger partial charge in [0.15, 0.2) is 0 Å². The van der Waals surface area contributed by atoms with E-state index in [0.29, 0.717) is 47.0 Å². The molecule has 5 aliphatic rings. The fourth-order valence-corrected chi connectivity index (χ4v) is 13.6. The van der Waals surface area contributed by atoms with Gasteiger partial charge in [0.05, 0.1) is 35.6 Å². The fourth-order valence-electron chi connectivity index (χ4n) is 12.6. The van der Waals surface area contributed by atoms with Crippen molar-refractivity contribution in [3.63, 3.8) is 0 Å². The summed E-state index contributed by atoms with van der Waals surface area (Å²) in [4.78, 5) is 37.9. The highest BCUT2D eigenvalue weighted by molar-refractivity contribution is 7.90. The number of piperazine rings is 1. The van der Waals surface area contributed by atoms with E-state index in [9.17, 15) is 22.8 Å². The number of H-pyrrole nitrogens is 1. The first-order valence-electron chi connectivity index (χ1n) is 27.6. The van der Waals surface area contributed by atoms with E-state index in [1.807, 2.05) is 12.3 Å². The van der Waals surface area contributed by atoms with Gasteiger partial charge in [0, 0.05) is 99.9 Å². The average Bonchev–Trinajstić information content (AvgIpc) is 4.21. The molecule has 16 nitrogen and oxygen atoms in total. The van der Waals surface area contributed by atoms with Gasteiger partial charge in [-0.3, -0.25) is 19.6 Å². The van der Waals surface area contributed by atoms with Crippen molar-refractivity contribution in [1.82, 2.24) is 34.5 Å². The number of rotatable bonds is 17. The van der Waals surface area contributed by atoms with E-state index in [-0.39, 0.29) is 50.3 Å². The summed E-state index contributed by atoms with van der Waals surface area (Å²) in [7, 11) is -1.50. The molecule has 3 N–H and O–H groups in total. The largest absolute Gasteiger partial charge is 0.758 e. The number of benzene rings is 2. The molecule has 0 radical (unpaired) electrons. The van der Waals surface area contributed by atoms with Gasteiger partial charge in [0.25, 0.3) is 15.9 Å². The zero-order chi connectivity index (χ0) is 53.6. The van der Waals surface area contributed by atoms with Gasteiger partial charge in [0.2, 0.25) is 0 Å². The van der Waals surface area contributed by atoms with Crippen molar-refractivity contribution in [2.24, 2.45) is 17.3 Å². The molecule has 3 aliphatic carbocycles. The number of anilines is 3. The second kappa shape index (κ2) is 21.8. The molecule has 11 rings (SSSR count). The summed E-state index contributed by atoms with van der Waals surface area (Å²) in [5.41, 5.74) is 6.41. The van der Waals surface area contributed by atoms with E-state index in [1.54, 1.807) is 19.2 Å². The van der Waals surface area contributed by atoms with Crippen LogP contribution in [0.4, 0.5) is 21.6 Å². The molecule has 2 aromatic carbocycles. The molecule has 1 spiro atoms. The van der Waals surface area contributed by atoms with Crippen LogP contribution in [0.25, 0.3) is 11.0 Å². The molecular formula is C59H72FN10O6S-. The smallest absolute Gasteiger partial charge is 0.268 e. The Morgan fingerprint density at radius 3 is 2.44 bits per heavy atom. The second-order valence-corrected chi connectivity index (χ2v) is 24.7. The van der Waals surface area contributed by atoms with Crippen LogP contribution in [0, 0.1) is 28.3 Å². The van der Waals surface area contributed by atoms with Crippen molar-refractivity contribution >= 4 is 44.2 Å². The minimum absolute atomic E-state index is 0.0361. The Balaban J connectivity index is 0.784. The third kappa shape index (κ3) is 11.3. The fraction of sp³-hybridized carbons (Fsp3) is 0.492. The predicted molar refractivity (Wildman–Crippen MR) is 298 cm³/mol. The minimum atomic E-state index is -4.54. The number of aromatic nitrogens is 4. The standard InChI is InChI=1S/C59H72FN10O6S/c1-37(2)46-8-6-7-9-47(46)53-36-68(35-41-24-54(75-5)50(33-61-41)40-14-15-40)22-23-70(53)43-28-59(29-43)18-20-69(21-19-59)42-16-17-48(55(25-42)76-44-26-49-51(60)34-65-56(49)63-31-44)58(71)66-77(73,74)45-27-52(67(4)72)57(64-32-45)62-30-39-12-10-38(3)11-13-39/h6-9,16-17,24-27,31-34,37-40,43,53H,10-15,18-23,28-30,35-36H2,1-5H3,(H,62,64)(H,63,65)(H,66,71)/q-1. The Hall–Kier alpha value is -6.34. The van der Waals surface area contributed by atoms with Crippen molar-refractivity contribution < 1.29 is 27.1 Å². The number of carbonyl (C=O) groups is 1. The van der Waals surface area contributed by atoms with Gasteiger partial charge in [-0.1, -0.05) is 57.9 Å². The number of pyridine rings is 3. The van der Waals surface area contributed by atoms with Crippen molar-refractivity contribution in [2.75, 3.05) is 68.7 Å². The van der Waals surface area contributed by atoms with Crippen molar-refractivity contribution in [1.29, 1.82) is 0 Å². The Bertz CT molecular complexity index is 3220. The summed E-state index contributed by atoms with van der Waals surface area (Å²) in [6.45, 7) is 12.6. The van der Waals surface area contributed by atoms with E-state index in [2.05, 4.69) is 90.8 Å². The number of fused-ring (bicyclic) bond motifs is 1. The number of methoxy groups -OCH3 is 1. The number of hydrogen-bond acceptors (Lipinski definition) is 14. The van der Waals surface area contributed by atoms with Gasteiger partial charge >= 0.3 is 0 Å². The second-order valence-electron chi connectivity index (χ2n) is 23.0. The molecule has 2 saturated heterocycles. The molecule has 18 heteroatoms. The molecule has 3 saturated carbocycles. The van der Waals surface area contributed by atoms with Crippen LogP contribution < -0.4 is 29.5 Å². The Morgan fingerprint density at radius 1 is 0.922 bits per heavy atom. The van der Waals surface area contributed by atoms with Gasteiger partial charge in [-0.25, -0.2) is 27.5 Å². The Morgan fingerprint density at radius 2 is 1.70 bits per heavy atom. The van der Waals surface area contributed by atoms with E-state index in [1.165, 1.54) is 61.1 Å². The maximum Gasteiger partial charge on any atom is 0.268 e. The lowest BCUT2D eigenvalue weighted by Crippen LogP contribution is -2.60. The molecule has 77 heavy (non-hydrogen) atoms. The summed E-state index contributed by atoms with van der Waals surface area (Å²) in [6, 6.07) is 19.7. The number of amides is 1. The highest BCUT2D eigenvalue weighted by Crippen LogP contribution is 2.54. The number of sulfonamides is 1. The summed E-state index contributed by atoms with van der Waals surface area (Å²) in [6.07, 6.45) is 16.9. The van der Waals surface area contributed by atoms with Crippen LogP contribution in [0.1, 0.15) is 136 Å². The topological polar surface area (TPSA) is 184 Å². The van der Waals surface area contributed by atoms with Gasteiger partial charge in [0.1, 0.15) is 39.4 Å². The summed E-state index contributed by atoms with van der Waals surface area (Å²) < 4.78 is 57.0. The lowest BCUT2D eigenvalue weighted by atomic mass is 9.59. The van der Waals surface area contributed by atoms with Gasteiger partial charge in [-0.15, -0.1) is 0 Å². The Kier molecular flexibility index (Phi) is 14.9. The van der Waals surface area contributed by atoms with Gasteiger partial charge in [-0.2, -0.15) is 0 Å². The lowest BCUT2D eigenvalue weighted by Gasteiger charge is -2.58. The van der Waals surface area contributed by atoms with Gasteiger partial charge in [-0.05, 0) is 123 Å². The molecule has 408 valence electrons. The van der Waals surface area contributed by atoms with Crippen LogP contribution in [0.15, 0.2) is 90.3 Å². The molecule has 5 fully saturated rings. The van der Waals surface area contributed by atoms with Crippen LogP contribution in [-0.2, 0) is 16.6 Å². The molecule has 6 heterocycles. The average molecular weight is 1070 g/mol. The zero-order valence-electron chi connectivity index (χ0n) is 44.9. The molecule has 1 atom stereocenters. The molecule has 6 aromatic rings. The van der Waals surface area contributed by atoms with Crippen LogP contribution >= 0.6 is 0 Å². The van der Waals surface area contributed by atoms with Crippen LogP contribution in [0.2, 0.25) is 0 Å². The SMILES string of the molecule is COc1cc(CN2CCN(C3CC4(CCN(c5ccc(C(=O)NS(=O)(=O)c6cnc(NCC7CCC(C)CC7)c(N(C)[O-])c6)c(Oc6cnc7[nH]cc(F)c7c6)c5)CC4)C3)C(c3ccccc3C(C)C)C2)ncc1C1CC1. The van der Waals surface area contributed by atoms with Crippen molar-refractivity contribution in [3.05, 3.63) is 124 Å². The molecule has 2 aliphatic heterocycles. The summed E-state index contributed by atoms with van der Waals surface area (Å²) in [5, 5.41) is 16.8. The number of ether oxygens (including phenoxy) is 2. The maximum atomic E-state index is 14.8. The molecule has 1 unspecified atom stereocenters. The van der Waals surface area contributed by atoms with E-state index in [0.717, 1.165) is 114 Å². The first-order valence-corrected chi connectivity index (χ1v) is 29.1. The molecule has 0 bridgehead atoms. The van der Waals surface area contributed by atoms with E-state index >= 15 is 0 Å². The number of nitrogens with one attached hydrogen (secondary N) is 3. The highest BCUT2D eigenvalue weighted by Gasteiger charge is 2.50. The number of aromatic amines is 1. The number of piperidine rings is 1. The van der Waals surface area contributed by atoms with E-state index < -0.39 is 21.7 Å². The Labute approximate surface area is 451 Å². The first kappa shape index (κ1) is 52.7. The lowest BCUT2D eigenvalue weighted by molar-refractivity contribution is -0.0629. The number of hydrogen-bond donors (Lipinski definition) is 3. The monoisotopic (exact) mass is 1070 g/mol. The highest BCUT2D eigenvalue weighted by atomic mass is 32.2. The third-order valence-corrected chi connectivity index (χ3v) is 18.7. The maximum absolute atomic E-state index is 14.8. The quantitative estimate of drug-likeness (QED) is 0.0733. The first-order chi connectivity index (χ1) is 37.1. The minimum Gasteiger partial charge on any atom is -0.758 e. The van der Waals surface area contributed by atoms with Gasteiger partial charge < -0.3 is 34.9 Å². The van der Waals surface area contributed by atoms with Crippen molar-refractivity contribution in [3.8, 4) is 17.2 Å². The number of nitrogens with zero attached hydrogens (tertiary/aromatic N) is 7. The van der Waals surface area contributed by atoms with Crippen LogP contribution in [0.5, 0.6) is 17.2 Å². The molecular weight excluding hydrogens is 996 g/mol. The van der Waals surface area contributed by atoms with Crippen LogP contribution in [0.3, 0.4) is 0 Å². The number of halogens is 1. The molecule has 1 amide bonds. The van der Waals surface area contributed by atoms with Crippen LogP contribution in [-0.4, -0.2) is 104 Å². The zero-order valence-corrected chi connectivity index (χ0v) is 45.8. The van der Waals surface area contributed by atoms with E-state index in [4.69, 9.17) is 14.5 Å². The number of carbonyl (C=O) groups excluding carboxylic acids is 1. The van der Waals surface area contributed by atoms with Crippen molar-refractivity contribution in [2.45, 2.75) is 120 Å². The normalized spacial score (nSPS) is 21.3. The summed E-state index contributed by atoms with van der Waals surface area (Å²) in [5.74, 6) is 2.08. The molecule has 4 aromatic heterocycles. The predicted octanol–water partition coefficient (Wildman–Crippen LogP) is 10.9. The summed E-state index contributed by atoms with van der Waals surface area (Å²) >= 11 is 0. The number of hydroxylamine groups is 1.